The number of ketones is 1. The Morgan fingerprint density at radius 2 is 1.40 bits per heavy atom. The van der Waals surface area contributed by atoms with Crippen LogP contribution in [0, 0.1) is 6.92 Å². The first-order valence-corrected chi connectivity index (χ1v) is 14.7. The molecule has 2 aromatic heterocycles. The molecule has 0 atom stereocenters. The van der Waals surface area contributed by atoms with Crippen LogP contribution in [0.5, 0.6) is 0 Å². The molecular weight excluding hydrogens is 580 g/mol. The molecule has 0 unspecified atom stereocenters. The summed E-state index contributed by atoms with van der Waals surface area (Å²) in [5.74, 6) is -1.40. The van der Waals surface area contributed by atoms with E-state index in [0.29, 0.717) is 48.6 Å². The van der Waals surface area contributed by atoms with Crippen molar-refractivity contribution in [2.45, 2.75) is 65.1 Å². The molecule has 11 heteroatoms. The number of carbonyl (C=O) groups excluding carboxylic acids is 4. The third-order valence-corrected chi connectivity index (χ3v) is 7.12. The minimum absolute atomic E-state index is 0.0207. The Bertz CT molecular complexity index is 1440. The maximum Gasteiger partial charge on any atom is 0.516 e. The van der Waals surface area contributed by atoms with E-state index in [9.17, 15) is 19.2 Å². The van der Waals surface area contributed by atoms with Crippen molar-refractivity contribution in [1.29, 1.82) is 0 Å². The van der Waals surface area contributed by atoms with Crippen LogP contribution in [0.25, 0.3) is 0 Å². The van der Waals surface area contributed by atoms with Crippen LogP contribution >= 0.6 is 0 Å². The standard InChI is InChI=1S/C34H42N2O9/c1-24-9-11-25(12-10-24)30(38)28-14-13-27(36(28)6)22-29(37)45-32(40)42-19-16-34(4,5)44-21-20-43-33(2,3)15-18-41-31(39)26-8-7-17-35-23-26/h7-14,17,23H,15-16,18-22H2,1-6H3. The van der Waals surface area contributed by atoms with Gasteiger partial charge >= 0.3 is 18.1 Å². The van der Waals surface area contributed by atoms with Crippen LogP contribution in [-0.4, -0.2) is 71.1 Å². The fourth-order valence-corrected chi connectivity index (χ4v) is 4.23. The number of benzene rings is 1. The minimum atomic E-state index is -1.10. The highest BCUT2D eigenvalue weighted by molar-refractivity contribution is 6.08. The van der Waals surface area contributed by atoms with E-state index in [1.807, 2.05) is 46.8 Å². The molecule has 242 valence electrons. The lowest BCUT2D eigenvalue weighted by Crippen LogP contribution is -2.32. The molecule has 0 N–H and O–H groups in total. The Labute approximate surface area is 263 Å². The summed E-state index contributed by atoms with van der Waals surface area (Å²) in [7, 11) is 1.68. The predicted molar refractivity (Wildman–Crippen MR) is 165 cm³/mol. The maximum absolute atomic E-state index is 12.8. The van der Waals surface area contributed by atoms with Crippen molar-refractivity contribution in [2.75, 3.05) is 26.4 Å². The van der Waals surface area contributed by atoms with Gasteiger partial charge in [0.1, 0.15) is 0 Å². The largest absolute Gasteiger partial charge is 0.516 e. The van der Waals surface area contributed by atoms with Gasteiger partial charge in [0.05, 0.1) is 55.3 Å². The molecule has 1 aromatic carbocycles. The zero-order chi connectivity index (χ0) is 33.0. The Balaban J connectivity index is 1.31. The van der Waals surface area contributed by atoms with Gasteiger partial charge in [-0.2, -0.15) is 0 Å². The molecule has 3 rings (SSSR count). The van der Waals surface area contributed by atoms with Crippen molar-refractivity contribution in [1.82, 2.24) is 9.55 Å². The van der Waals surface area contributed by atoms with Gasteiger partial charge in [-0.25, -0.2) is 9.59 Å². The van der Waals surface area contributed by atoms with E-state index < -0.39 is 29.3 Å². The average molecular weight is 623 g/mol. The maximum atomic E-state index is 12.8. The predicted octanol–water partition coefficient (Wildman–Crippen LogP) is 5.41. The summed E-state index contributed by atoms with van der Waals surface area (Å²) in [6.45, 7) is 10.2. The molecule has 3 aromatic rings. The Kier molecular flexibility index (Phi) is 12.6. The van der Waals surface area contributed by atoms with E-state index in [1.165, 1.54) is 6.20 Å². The topological polar surface area (TPSA) is 132 Å². The number of carbonyl (C=O) groups is 4. The molecule has 0 aliphatic heterocycles. The molecule has 0 aliphatic rings. The first-order chi connectivity index (χ1) is 21.3. The summed E-state index contributed by atoms with van der Waals surface area (Å²) >= 11 is 0. The molecule has 0 aliphatic carbocycles. The molecule has 0 spiro atoms. The molecule has 0 bridgehead atoms. The second-order valence-electron chi connectivity index (χ2n) is 11.8. The van der Waals surface area contributed by atoms with Gasteiger partial charge in [-0.05, 0) is 58.9 Å². The monoisotopic (exact) mass is 622 g/mol. The number of aromatic nitrogens is 2. The lowest BCUT2D eigenvalue weighted by Gasteiger charge is -2.28. The number of pyridine rings is 1. The van der Waals surface area contributed by atoms with E-state index in [2.05, 4.69) is 4.98 Å². The first kappa shape index (κ1) is 35.1. The smallest absolute Gasteiger partial charge is 0.462 e. The van der Waals surface area contributed by atoms with Crippen LogP contribution in [0.3, 0.4) is 0 Å². The summed E-state index contributed by atoms with van der Waals surface area (Å²) in [6, 6.07) is 13.8. The highest BCUT2D eigenvalue weighted by Gasteiger charge is 2.23. The molecular formula is C34H42N2O9. The number of nitrogens with zero attached hydrogens (tertiary/aromatic N) is 2. The van der Waals surface area contributed by atoms with E-state index in [-0.39, 0.29) is 25.4 Å². The lowest BCUT2D eigenvalue weighted by molar-refractivity contribution is -0.139. The van der Waals surface area contributed by atoms with Crippen molar-refractivity contribution in [3.8, 4) is 0 Å². The van der Waals surface area contributed by atoms with Gasteiger partial charge in [-0.3, -0.25) is 14.6 Å². The number of hydrogen-bond acceptors (Lipinski definition) is 10. The zero-order valence-electron chi connectivity index (χ0n) is 26.8. The summed E-state index contributed by atoms with van der Waals surface area (Å²) < 4.78 is 28.6. The number of aryl methyl sites for hydroxylation is 1. The van der Waals surface area contributed by atoms with Gasteiger partial charge in [0, 0.05) is 43.5 Å². The van der Waals surface area contributed by atoms with Crippen molar-refractivity contribution in [3.05, 3.63) is 89.0 Å². The van der Waals surface area contributed by atoms with Gasteiger partial charge in [0.2, 0.25) is 5.78 Å². The molecule has 11 nitrogen and oxygen atoms in total. The van der Waals surface area contributed by atoms with Crippen LogP contribution in [0.4, 0.5) is 4.79 Å². The van der Waals surface area contributed by atoms with Crippen molar-refractivity contribution in [3.63, 3.8) is 0 Å². The van der Waals surface area contributed by atoms with Crippen molar-refractivity contribution in [2.24, 2.45) is 7.05 Å². The van der Waals surface area contributed by atoms with Crippen LogP contribution in [0.2, 0.25) is 0 Å². The van der Waals surface area contributed by atoms with Gasteiger partial charge in [-0.1, -0.05) is 29.8 Å². The molecule has 0 amide bonds. The van der Waals surface area contributed by atoms with Crippen LogP contribution in [0.1, 0.15) is 78.2 Å². The fourth-order valence-electron chi connectivity index (χ4n) is 4.23. The van der Waals surface area contributed by atoms with Gasteiger partial charge in [0.25, 0.3) is 0 Å². The summed E-state index contributed by atoms with van der Waals surface area (Å²) in [4.78, 5) is 53.2. The molecule has 0 saturated heterocycles. The van der Waals surface area contributed by atoms with E-state index in [0.717, 1.165) is 5.56 Å². The average Bonchev–Trinajstić information content (AvgIpc) is 3.34. The molecule has 0 saturated carbocycles. The van der Waals surface area contributed by atoms with Gasteiger partial charge < -0.3 is 28.3 Å². The minimum Gasteiger partial charge on any atom is -0.462 e. The molecule has 0 fully saturated rings. The van der Waals surface area contributed by atoms with E-state index >= 15 is 0 Å². The normalized spacial score (nSPS) is 11.6. The lowest BCUT2D eigenvalue weighted by atomic mass is 10.1. The highest BCUT2D eigenvalue weighted by atomic mass is 16.7. The number of hydrogen-bond donors (Lipinski definition) is 0. The van der Waals surface area contributed by atoms with E-state index in [1.54, 1.807) is 54.2 Å². The van der Waals surface area contributed by atoms with Crippen molar-refractivity contribution < 1.29 is 42.9 Å². The number of ether oxygens (including phenoxy) is 5. The fraction of sp³-hybridized carbons (Fsp3) is 0.441. The number of esters is 2. The summed E-state index contributed by atoms with van der Waals surface area (Å²) in [5.41, 5.74) is 1.74. The Hall–Kier alpha value is -4.35. The second kappa shape index (κ2) is 16.1. The highest BCUT2D eigenvalue weighted by Crippen LogP contribution is 2.18. The van der Waals surface area contributed by atoms with Crippen LogP contribution in [0.15, 0.2) is 60.9 Å². The summed E-state index contributed by atoms with van der Waals surface area (Å²) in [6.07, 6.45) is 2.58. The van der Waals surface area contributed by atoms with Crippen LogP contribution in [-0.2, 0) is 41.9 Å². The Morgan fingerprint density at radius 3 is 2.00 bits per heavy atom. The second-order valence-corrected chi connectivity index (χ2v) is 11.8. The number of rotatable bonds is 16. The summed E-state index contributed by atoms with van der Waals surface area (Å²) in [5, 5.41) is 0. The van der Waals surface area contributed by atoms with Crippen molar-refractivity contribution >= 4 is 23.9 Å². The van der Waals surface area contributed by atoms with Gasteiger partial charge in [-0.15, -0.1) is 0 Å². The third kappa shape index (κ3) is 11.6. The van der Waals surface area contributed by atoms with E-state index in [4.69, 9.17) is 23.7 Å². The quantitative estimate of drug-likeness (QED) is 0.0884. The Morgan fingerprint density at radius 1 is 0.778 bits per heavy atom. The third-order valence-electron chi connectivity index (χ3n) is 7.12. The van der Waals surface area contributed by atoms with Crippen LogP contribution < -0.4 is 0 Å². The zero-order valence-corrected chi connectivity index (χ0v) is 26.8. The van der Waals surface area contributed by atoms with Gasteiger partial charge in [0.15, 0.2) is 0 Å². The first-order valence-electron chi connectivity index (χ1n) is 14.7. The molecule has 0 radical (unpaired) electrons. The SMILES string of the molecule is Cc1ccc(C(=O)c2ccc(CC(=O)OC(=O)OCCC(C)(C)OCCOC(C)(C)CCOC(=O)c3cccnc3)n2C)cc1. The molecule has 2 heterocycles. The molecule has 45 heavy (non-hydrogen) atoms.